The highest BCUT2D eigenvalue weighted by Crippen LogP contribution is 2.15. The van der Waals surface area contributed by atoms with Crippen LogP contribution in [-0.4, -0.2) is 87.4 Å². The van der Waals surface area contributed by atoms with E-state index < -0.39 is 24.3 Å². The Hall–Kier alpha value is -6.13. The minimum Gasteiger partial charge on any atom is -0.477 e. The van der Waals surface area contributed by atoms with Gasteiger partial charge in [0.05, 0.1) is 34.4 Å². The highest BCUT2D eigenvalue weighted by atomic mass is 16.7. The molecule has 95 heavy (non-hydrogen) atoms. The molecule has 0 saturated carbocycles. The first-order chi connectivity index (χ1) is 46.6. The van der Waals surface area contributed by atoms with Crippen LogP contribution < -0.4 is 0 Å². The van der Waals surface area contributed by atoms with Gasteiger partial charge < -0.3 is 28.5 Å². The molecular formula is C86H136NO8+. The monoisotopic (exact) mass is 1310 g/mol. The molecule has 9 nitrogen and oxygen atoms in total. The summed E-state index contributed by atoms with van der Waals surface area (Å²) >= 11 is 0. The fraction of sp³-hybridized carbons (Fsp3) is 0.570. The summed E-state index contributed by atoms with van der Waals surface area (Å²) in [4.78, 5) is 37.7. The molecule has 0 aromatic rings. The summed E-state index contributed by atoms with van der Waals surface area (Å²) in [6.07, 6.45) is 112. The van der Waals surface area contributed by atoms with Gasteiger partial charge >= 0.3 is 17.9 Å². The Morgan fingerprint density at radius 1 is 0.316 bits per heavy atom. The number of quaternary nitrogens is 1. The minimum absolute atomic E-state index is 0.174. The van der Waals surface area contributed by atoms with Crippen LogP contribution >= 0.6 is 0 Å². The van der Waals surface area contributed by atoms with Crippen LogP contribution in [-0.2, 0) is 33.3 Å². The molecule has 0 radical (unpaired) electrons. The standard InChI is InChI=1S/C86H135NO8/c1-6-8-10-12-14-16-18-20-22-24-26-28-30-32-34-36-38-40-41-42-43-45-47-49-51-53-55-57-59-61-63-65-67-69-71-73-75-77-84(89)95-82(81-94-86(85(90)91)92-79-78-87(3,4)5)80-93-83(88)76-74-72-70-68-66-64-62-60-58-56-54-52-50-48-46-44-39-37-35-33-31-29-27-25-23-21-19-17-15-13-11-9-7-2/h8-11,14-17,20-23,26-29,32-35,38-40,42-44,47-50,53-56,82,86H,6-7,12-13,18-19,24-25,30-31,36-37,41,45-46,51-52,57-81H2,1-5H3/p+1/b10-8-,11-9-,16-14-,17-15-,22-20-,23-21-,28-26-,29-27-,34-32-,35-33-,40-38-,43-42-,44-39-,49-47-,50-48-,55-53-,56-54-. The lowest BCUT2D eigenvalue weighted by Gasteiger charge is -2.25. The van der Waals surface area contributed by atoms with E-state index in [1.165, 1.54) is 57.8 Å². The van der Waals surface area contributed by atoms with Crippen molar-refractivity contribution in [1.82, 2.24) is 0 Å². The van der Waals surface area contributed by atoms with Gasteiger partial charge in [-0.25, -0.2) is 4.79 Å². The molecule has 0 heterocycles. The fourth-order valence-corrected chi connectivity index (χ4v) is 9.43. The second kappa shape index (κ2) is 73.7. The van der Waals surface area contributed by atoms with E-state index in [1.807, 2.05) is 21.1 Å². The quantitative estimate of drug-likeness (QED) is 0.0211. The number of carboxylic acid groups (broad SMARTS) is 1. The number of hydrogen-bond acceptors (Lipinski definition) is 7. The molecule has 2 unspecified atom stereocenters. The third-order valence-corrected chi connectivity index (χ3v) is 15.0. The molecule has 2 atom stereocenters. The van der Waals surface area contributed by atoms with Gasteiger partial charge in [-0.15, -0.1) is 0 Å². The highest BCUT2D eigenvalue weighted by Gasteiger charge is 2.25. The summed E-state index contributed by atoms with van der Waals surface area (Å²) in [5.74, 6) is -2.04. The number of esters is 2. The maximum absolute atomic E-state index is 13.0. The number of unbranched alkanes of at least 4 members (excludes halogenated alkanes) is 17. The van der Waals surface area contributed by atoms with Gasteiger partial charge in [-0.2, -0.15) is 0 Å². The number of carbonyl (C=O) groups is 3. The van der Waals surface area contributed by atoms with E-state index in [0.717, 1.165) is 167 Å². The van der Waals surface area contributed by atoms with Crippen molar-refractivity contribution in [2.75, 3.05) is 47.5 Å². The molecule has 0 fully saturated rings. The molecule has 0 spiro atoms. The van der Waals surface area contributed by atoms with Crippen LogP contribution in [0, 0.1) is 0 Å². The van der Waals surface area contributed by atoms with Gasteiger partial charge in [-0.3, -0.25) is 9.59 Å². The highest BCUT2D eigenvalue weighted by molar-refractivity contribution is 5.71. The van der Waals surface area contributed by atoms with Gasteiger partial charge in [0.15, 0.2) is 6.10 Å². The minimum atomic E-state index is -1.53. The van der Waals surface area contributed by atoms with Crippen LogP contribution in [0.4, 0.5) is 0 Å². The molecule has 9 heteroatoms. The summed E-state index contributed by atoms with van der Waals surface area (Å²) in [6.45, 7) is 4.61. The molecule has 0 aromatic carbocycles. The van der Waals surface area contributed by atoms with Gasteiger partial charge in [-0.1, -0.05) is 304 Å². The average Bonchev–Trinajstić information content (AvgIpc) is 3.75. The molecule has 0 aliphatic carbocycles. The molecule has 0 saturated heterocycles. The lowest BCUT2D eigenvalue weighted by Crippen LogP contribution is -2.40. The van der Waals surface area contributed by atoms with Gasteiger partial charge in [-0.05, 0) is 148 Å². The molecular weight excluding hydrogens is 1170 g/mol. The van der Waals surface area contributed by atoms with Gasteiger partial charge in [0.2, 0.25) is 0 Å². The van der Waals surface area contributed by atoms with Crippen molar-refractivity contribution < 1.29 is 42.9 Å². The number of carboxylic acids is 1. The zero-order chi connectivity index (χ0) is 69.0. The fourth-order valence-electron chi connectivity index (χ4n) is 9.43. The van der Waals surface area contributed by atoms with E-state index in [0.29, 0.717) is 17.4 Å². The molecule has 0 aromatic heterocycles. The normalized spacial score (nSPS) is 13.9. The Morgan fingerprint density at radius 2 is 0.568 bits per heavy atom. The van der Waals surface area contributed by atoms with Crippen LogP contribution in [0.2, 0.25) is 0 Å². The summed E-state index contributed by atoms with van der Waals surface area (Å²) < 4.78 is 23.0. The molecule has 0 bridgehead atoms. The number of rotatable bonds is 66. The van der Waals surface area contributed by atoms with Crippen molar-refractivity contribution in [2.24, 2.45) is 0 Å². The first-order valence-electron chi connectivity index (χ1n) is 37.2. The van der Waals surface area contributed by atoms with Crippen LogP contribution in [0.5, 0.6) is 0 Å². The van der Waals surface area contributed by atoms with Crippen LogP contribution in [0.1, 0.15) is 258 Å². The van der Waals surface area contributed by atoms with Crippen molar-refractivity contribution in [3.63, 3.8) is 0 Å². The lowest BCUT2D eigenvalue weighted by atomic mass is 10.1. The lowest BCUT2D eigenvalue weighted by molar-refractivity contribution is -0.870. The first-order valence-corrected chi connectivity index (χ1v) is 37.2. The molecule has 0 rings (SSSR count). The zero-order valence-corrected chi connectivity index (χ0v) is 60.7. The van der Waals surface area contributed by atoms with E-state index >= 15 is 0 Å². The summed E-state index contributed by atoms with van der Waals surface area (Å²) in [7, 11) is 5.96. The van der Waals surface area contributed by atoms with Crippen molar-refractivity contribution in [3.05, 3.63) is 207 Å². The van der Waals surface area contributed by atoms with Gasteiger partial charge in [0, 0.05) is 12.8 Å². The smallest absolute Gasteiger partial charge is 0.361 e. The van der Waals surface area contributed by atoms with E-state index in [2.05, 4.69) is 220 Å². The molecule has 1 N–H and O–H groups in total. The number of allylic oxidation sites excluding steroid dienone is 34. The van der Waals surface area contributed by atoms with E-state index in [4.69, 9.17) is 18.9 Å². The molecule has 0 aliphatic heterocycles. The average molecular weight is 1310 g/mol. The Kier molecular flexibility index (Phi) is 68.9. The zero-order valence-electron chi connectivity index (χ0n) is 60.7. The SMILES string of the molecule is CC/C=C\C/C=C\C/C=C\C/C=C\C/C=C\C/C=C\C/C=C\C/C=C\C/C=C\CCCCCCCCCCCC(=O)OC(COC(=O)CCCCCCCCCC/C=C\C/C=C\C/C=C\C/C=C\C/C=C\C/C=C\C/C=C\C/C=C\CC)COC(OCC[N+](C)(C)C)C(=O)O. The van der Waals surface area contributed by atoms with Gasteiger partial charge in [0.25, 0.3) is 6.29 Å². The van der Waals surface area contributed by atoms with E-state index in [-0.39, 0.29) is 38.6 Å². The maximum Gasteiger partial charge on any atom is 0.361 e. The van der Waals surface area contributed by atoms with E-state index in [1.54, 1.807) is 0 Å². The largest absolute Gasteiger partial charge is 0.477 e. The van der Waals surface area contributed by atoms with Crippen LogP contribution in [0.25, 0.3) is 0 Å². The second-order valence-electron chi connectivity index (χ2n) is 25.1. The number of ether oxygens (including phenoxy) is 4. The Morgan fingerprint density at radius 3 is 0.842 bits per heavy atom. The second-order valence-corrected chi connectivity index (χ2v) is 25.1. The number of carbonyl (C=O) groups excluding carboxylic acids is 2. The van der Waals surface area contributed by atoms with E-state index in [9.17, 15) is 19.5 Å². The number of nitrogens with zero attached hydrogens (tertiary/aromatic N) is 1. The molecule has 0 aliphatic rings. The Bertz CT molecular complexity index is 2320. The summed E-state index contributed by atoms with van der Waals surface area (Å²) in [5.41, 5.74) is 0. The van der Waals surface area contributed by atoms with Crippen molar-refractivity contribution >= 4 is 17.9 Å². The van der Waals surface area contributed by atoms with Crippen LogP contribution in [0.15, 0.2) is 207 Å². The summed E-state index contributed by atoms with van der Waals surface area (Å²) in [6, 6.07) is 0. The maximum atomic E-state index is 13.0. The first kappa shape index (κ1) is 88.9. The molecule has 532 valence electrons. The molecule has 0 amide bonds. The van der Waals surface area contributed by atoms with Crippen molar-refractivity contribution in [1.29, 1.82) is 0 Å². The Labute approximate surface area is 582 Å². The number of hydrogen-bond donors (Lipinski definition) is 1. The summed E-state index contributed by atoms with van der Waals surface area (Å²) in [5, 5.41) is 9.76. The van der Waals surface area contributed by atoms with Crippen molar-refractivity contribution in [2.45, 2.75) is 270 Å². The predicted molar refractivity (Wildman–Crippen MR) is 409 cm³/mol. The number of likely N-dealkylation sites (N-methyl/N-ethyl adjacent to an activating group) is 1. The Balaban J connectivity index is 4.21. The van der Waals surface area contributed by atoms with Crippen molar-refractivity contribution in [3.8, 4) is 0 Å². The third-order valence-electron chi connectivity index (χ3n) is 15.0. The number of aliphatic carboxylic acids is 1. The topological polar surface area (TPSA) is 108 Å². The third kappa shape index (κ3) is 75.1. The van der Waals surface area contributed by atoms with Crippen LogP contribution in [0.3, 0.4) is 0 Å². The predicted octanol–water partition coefficient (Wildman–Crippen LogP) is 23.9. The van der Waals surface area contributed by atoms with Gasteiger partial charge in [0.1, 0.15) is 13.2 Å².